The molecule has 3 aliphatic carbocycles. The van der Waals surface area contributed by atoms with E-state index in [-0.39, 0.29) is 17.7 Å². The fraction of sp³-hybridized carbons (Fsp3) is 0.333. The lowest BCUT2D eigenvalue weighted by molar-refractivity contribution is -0.169. The Hall–Kier alpha value is -5.02. The molecule has 2 aromatic carbocycles. The van der Waals surface area contributed by atoms with E-state index in [0.29, 0.717) is 5.56 Å². The highest BCUT2D eigenvalue weighted by Crippen LogP contribution is 2.56. The standard InChI is InChI=1S/C33H35N5O9/c1-12-14-8-9-18(37-32(46)16(34)10-13-11-36-17-7-5-4-6-15(13)17)25(39)20(14)26(40)21-19(12)27(41)23-24(38(2)3)28(42)22(31(35)45)30(44)33(23,47)29(21)43/h4-9,11-12,16,19,23-24,27,36,39-41,44,47H,10,34H2,1-3H3,(H2,35,45)(H,37,46)/t12-,16-,19?,23?,24-,27?,33-/m0/s1. The number of rotatable bonds is 6. The fourth-order valence-corrected chi connectivity index (χ4v) is 7.57. The second-order valence-electron chi connectivity index (χ2n) is 12.6. The topological polar surface area (TPSA) is 253 Å². The predicted octanol–water partition coefficient (Wildman–Crippen LogP) is 0.486. The van der Waals surface area contributed by atoms with E-state index in [9.17, 15) is 44.7 Å². The minimum atomic E-state index is -3.03. The number of primary amides is 1. The number of benzene rings is 2. The van der Waals surface area contributed by atoms with Crippen LogP contribution >= 0.6 is 0 Å². The molecular weight excluding hydrogens is 610 g/mol. The van der Waals surface area contributed by atoms with Gasteiger partial charge in [0.05, 0.1) is 35.4 Å². The summed E-state index contributed by atoms with van der Waals surface area (Å²) in [5, 5.41) is 61.0. The molecule has 6 rings (SSSR count). The van der Waals surface area contributed by atoms with Gasteiger partial charge in [0.15, 0.2) is 11.4 Å². The molecule has 0 spiro atoms. The number of aromatic hydroxyl groups is 1. The Bertz CT molecular complexity index is 1940. The third-order valence-corrected chi connectivity index (χ3v) is 9.84. The van der Waals surface area contributed by atoms with Crippen LogP contribution < -0.4 is 16.8 Å². The number of para-hydroxylation sites is 1. The molecule has 3 unspecified atom stereocenters. The quantitative estimate of drug-likeness (QED) is 0.132. The number of fused-ring (bicyclic) bond motifs is 4. The fourth-order valence-electron chi connectivity index (χ4n) is 7.57. The van der Waals surface area contributed by atoms with Crippen LogP contribution in [-0.4, -0.2) is 96.7 Å². The average Bonchev–Trinajstić information content (AvgIpc) is 3.42. The van der Waals surface area contributed by atoms with E-state index in [0.717, 1.165) is 16.5 Å². The molecule has 1 fully saturated rings. The number of likely N-dealkylation sites (N-methyl/N-ethyl adjacent to an activating group) is 1. The summed E-state index contributed by atoms with van der Waals surface area (Å²) in [6.07, 6.45) is 0.213. The maximum absolute atomic E-state index is 14.2. The van der Waals surface area contributed by atoms with Crippen molar-refractivity contribution in [2.75, 3.05) is 19.4 Å². The van der Waals surface area contributed by atoms with Crippen molar-refractivity contribution in [1.82, 2.24) is 9.88 Å². The molecule has 7 atom stereocenters. The molecular formula is C33H35N5O9. The van der Waals surface area contributed by atoms with Crippen LogP contribution in [0.2, 0.25) is 0 Å². The number of nitrogens with two attached hydrogens (primary N) is 2. The Morgan fingerprint density at radius 1 is 1.11 bits per heavy atom. The van der Waals surface area contributed by atoms with Crippen LogP contribution in [0.3, 0.4) is 0 Å². The molecule has 14 nitrogen and oxygen atoms in total. The Labute approximate surface area is 268 Å². The number of amides is 2. The van der Waals surface area contributed by atoms with E-state index in [2.05, 4.69) is 10.3 Å². The Morgan fingerprint density at radius 3 is 2.45 bits per heavy atom. The van der Waals surface area contributed by atoms with Crippen LogP contribution in [0.5, 0.6) is 5.75 Å². The van der Waals surface area contributed by atoms with Crippen molar-refractivity contribution in [1.29, 1.82) is 0 Å². The number of carbonyl (C=O) groups excluding carboxylic acids is 4. The van der Waals surface area contributed by atoms with E-state index in [4.69, 9.17) is 11.5 Å². The van der Waals surface area contributed by atoms with Gasteiger partial charge in [0.25, 0.3) is 5.91 Å². The number of aromatic nitrogens is 1. The molecule has 1 saturated carbocycles. The first-order valence-electron chi connectivity index (χ1n) is 14.9. The van der Waals surface area contributed by atoms with Gasteiger partial charge in [-0.2, -0.15) is 0 Å². The normalized spacial score (nSPS) is 27.9. The van der Waals surface area contributed by atoms with Crippen molar-refractivity contribution < 1.29 is 44.7 Å². The molecule has 1 aromatic heterocycles. The van der Waals surface area contributed by atoms with Gasteiger partial charge in [-0.25, -0.2) is 0 Å². The van der Waals surface area contributed by atoms with Gasteiger partial charge in [0.2, 0.25) is 11.7 Å². The maximum atomic E-state index is 14.2. The minimum absolute atomic E-state index is 0.129. The first-order chi connectivity index (χ1) is 22.1. The number of phenols is 1. The second kappa shape index (κ2) is 11.1. The smallest absolute Gasteiger partial charge is 0.255 e. The predicted molar refractivity (Wildman–Crippen MR) is 169 cm³/mol. The first-order valence-corrected chi connectivity index (χ1v) is 14.9. The van der Waals surface area contributed by atoms with Crippen LogP contribution in [0.15, 0.2) is 59.5 Å². The Morgan fingerprint density at radius 2 is 1.79 bits per heavy atom. The summed E-state index contributed by atoms with van der Waals surface area (Å²) >= 11 is 0. The number of aliphatic hydroxyl groups is 4. The zero-order chi connectivity index (χ0) is 34.3. The summed E-state index contributed by atoms with van der Waals surface area (Å²) in [4.78, 5) is 57.2. The number of phenolic OH excluding ortho intramolecular Hbond substituents is 1. The molecule has 0 radical (unpaired) electrons. The van der Waals surface area contributed by atoms with E-state index in [1.165, 1.54) is 31.1 Å². The SMILES string of the molecule is C[C@H]1c2ccc(NC(=O)[C@@H](N)Cc3c[nH]c4ccccc34)c(O)c2C(O)=C2C(=O)[C@]3(O)C(O)=C(C(N)=O)C(=O)[C@@H](N(C)C)C3C(O)C21. The number of Topliss-reactive ketones (excluding diaryl/α,β-unsaturated/α-hetero) is 2. The number of aliphatic hydroxyl groups excluding tert-OH is 3. The highest BCUT2D eigenvalue weighted by molar-refractivity contribution is 6.24. The molecule has 11 N–H and O–H groups in total. The minimum Gasteiger partial charge on any atom is -0.508 e. The van der Waals surface area contributed by atoms with Crippen molar-refractivity contribution in [2.45, 2.75) is 43.1 Å². The van der Waals surface area contributed by atoms with Crippen molar-refractivity contribution in [3.8, 4) is 5.75 Å². The highest BCUT2D eigenvalue weighted by atomic mass is 16.4. The lowest BCUT2D eigenvalue weighted by Crippen LogP contribution is -2.70. The number of ketones is 2. The third kappa shape index (κ3) is 4.47. The van der Waals surface area contributed by atoms with Crippen molar-refractivity contribution >= 4 is 45.7 Å². The molecule has 14 heteroatoms. The molecule has 0 aliphatic heterocycles. The van der Waals surface area contributed by atoms with Gasteiger partial charge >= 0.3 is 0 Å². The molecule has 0 bridgehead atoms. The molecule has 47 heavy (non-hydrogen) atoms. The van der Waals surface area contributed by atoms with Crippen LogP contribution in [0.1, 0.15) is 29.5 Å². The molecule has 246 valence electrons. The number of aromatic amines is 1. The van der Waals surface area contributed by atoms with Crippen molar-refractivity contribution in [3.63, 3.8) is 0 Å². The maximum Gasteiger partial charge on any atom is 0.255 e. The van der Waals surface area contributed by atoms with Gasteiger partial charge in [0.1, 0.15) is 22.8 Å². The third-order valence-electron chi connectivity index (χ3n) is 9.84. The van der Waals surface area contributed by atoms with Crippen molar-refractivity contribution in [3.05, 3.63) is 76.2 Å². The zero-order valence-corrected chi connectivity index (χ0v) is 25.7. The summed E-state index contributed by atoms with van der Waals surface area (Å²) in [6.45, 7) is 1.62. The number of nitrogens with one attached hydrogen (secondary N) is 2. The molecule has 1 heterocycles. The van der Waals surface area contributed by atoms with Gasteiger partial charge in [0, 0.05) is 28.6 Å². The van der Waals surface area contributed by atoms with Gasteiger partial charge in [-0.15, -0.1) is 0 Å². The van der Waals surface area contributed by atoms with Crippen LogP contribution in [0.25, 0.3) is 16.7 Å². The van der Waals surface area contributed by atoms with Gasteiger partial charge < -0.3 is 47.3 Å². The molecule has 2 amide bonds. The summed E-state index contributed by atoms with van der Waals surface area (Å²) in [6, 6.07) is 7.93. The average molecular weight is 646 g/mol. The number of carbonyl (C=O) groups is 4. The molecule has 3 aliphatic rings. The number of H-pyrrole nitrogens is 1. The van der Waals surface area contributed by atoms with Crippen LogP contribution in [-0.2, 0) is 25.6 Å². The van der Waals surface area contributed by atoms with E-state index in [1.54, 1.807) is 13.1 Å². The molecule has 3 aromatic rings. The first kappa shape index (κ1) is 31.9. The van der Waals surface area contributed by atoms with Crippen LogP contribution in [0.4, 0.5) is 5.69 Å². The van der Waals surface area contributed by atoms with E-state index >= 15 is 0 Å². The van der Waals surface area contributed by atoms with E-state index in [1.807, 2.05) is 24.3 Å². The number of hydrogen-bond donors (Lipinski definition) is 9. The van der Waals surface area contributed by atoms with E-state index < -0.39 is 93.3 Å². The number of hydrogen-bond acceptors (Lipinski definition) is 11. The van der Waals surface area contributed by atoms with Crippen LogP contribution in [0, 0.1) is 11.8 Å². The Kier molecular flexibility index (Phi) is 7.51. The monoisotopic (exact) mass is 645 g/mol. The lowest BCUT2D eigenvalue weighted by Gasteiger charge is -2.53. The summed E-state index contributed by atoms with van der Waals surface area (Å²) in [5.41, 5.74) is 8.62. The van der Waals surface area contributed by atoms with Crippen molar-refractivity contribution in [2.24, 2.45) is 23.3 Å². The highest BCUT2D eigenvalue weighted by Gasteiger charge is 2.68. The summed E-state index contributed by atoms with van der Waals surface area (Å²) < 4.78 is 0. The largest absolute Gasteiger partial charge is 0.508 e. The number of anilines is 1. The summed E-state index contributed by atoms with van der Waals surface area (Å²) in [7, 11) is 2.87. The summed E-state index contributed by atoms with van der Waals surface area (Å²) in [5.74, 6) is -10.7. The van der Waals surface area contributed by atoms with Gasteiger partial charge in [-0.05, 0) is 49.7 Å². The molecule has 0 saturated heterocycles. The lowest BCUT2D eigenvalue weighted by atomic mass is 9.54. The number of nitrogens with zero attached hydrogens (tertiary/aromatic N) is 1. The Balaban J connectivity index is 1.39. The van der Waals surface area contributed by atoms with Gasteiger partial charge in [-0.3, -0.25) is 24.1 Å². The van der Waals surface area contributed by atoms with Gasteiger partial charge in [-0.1, -0.05) is 31.2 Å². The zero-order valence-electron chi connectivity index (χ0n) is 25.7. The second-order valence-corrected chi connectivity index (χ2v) is 12.6.